The van der Waals surface area contributed by atoms with E-state index in [1.807, 2.05) is 0 Å². The number of aromatic nitrogens is 3. The molecule has 1 saturated heterocycles. The Morgan fingerprint density at radius 2 is 1.98 bits per heavy atom. The molecule has 3 heterocycles. The summed E-state index contributed by atoms with van der Waals surface area (Å²) in [6, 6.07) is 2.33. The zero-order chi connectivity index (χ0) is 28.6. The van der Waals surface area contributed by atoms with Crippen LogP contribution in [0.5, 0.6) is 0 Å². The summed E-state index contributed by atoms with van der Waals surface area (Å²) in [6.45, 7) is 10.1. The minimum Gasteiger partial charge on any atom is -0.444 e. The fourth-order valence-electron chi connectivity index (χ4n) is 5.64. The van der Waals surface area contributed by atoms with E-state index in [-0.39, 0.29) is 23.9 Å². The summed E-state index contributed by atoms with van der Waals surface area (Å²) >= 11 is 0. The zero-order valence-corrected chi connectivity index (χ0v) is 23.8. The second-order valence-corrected chi connectivity index (χ2v) is 12.0. The summed E-state index contributed by atoms with van der Waals surface area (Å²) in [7, 11) is 0. The molecule has 2 amide bonds. The third kappa shape index (κ3) is 5.84. The van der Waals surface area contributed by atoms with Gasteiger partial charge < -0.3 is 24.3 Å². The number of amides is 2. The van der Waals surface area contributed by atoms with E-state index in [1.165, 1.54) is 11.2 Å². The van der Waals surface area contributed by atoms with Gasteiger partial charge in [-0.2, -0.15) is 0 Å². The maximum absolute atomic E-state index is 16.1. The van der Waals surface area contributed by atoms with Crippen LogP contribution in [-0.2, 0) is 9.47 Å². The molecule has 2 atom stereocenters. The lowest BCUT2D eigenvalue weighted by atomic mass is 9.79. The van der Waals surface area contributed by atoms with Gasteiger partial charge in [0.1, 0.15) is 28.8 Å². The topological polar surface area (TPSA) is 123 Å². The van der Waals surface area contributed by atoms with Gasteiger partial charge in [-0.05, 0) is 58.4 Å². The number of carbonyl (C=O) groups is 2. The second-order valence-electron chi connectivity index (χ2n) is 12.0. The monoisotopic (exact) mass is 555 g/mol. The van der Waals surface area contributed by atoms with Gasteiger partial charge in [-0.15, -0.1) is 0 Å². The second kappa shape index (κ2) is 11.2. The Balaban J connectivity index is 1.47. The maximum atomic E-state index is 16.1. The van der Waals surface area contributed by atoms with Crippen LogP contribution in [-0.4, -0.2) is 57.4 Å². The number of benzene rings is 1. The van der Waals surface area contributed by atoms with E-state index in [4.69, 9.17) is 14.0 Å². The van der Waals surface area contributed by atoms with E-state index >= 15 is 4.39 Å². The molecule has 11 heteroatoms. The normalized spacial score (nSPS) is 22.8. The van der Waals surface area contributed by atoms with Crippen molar-refractivity contribution in [2.75, 3.05) is 19.8 Å². The molecule has 0 spiro atoms. The third-order valence-corrected chi connectivity index (χ3v) is 7.86. The van der Waals surface area contributed by atoms with Crippen molar-refractivity contribution in [2.24, 2.45) is 11.8 Å². The molecule has 0 bridgehead atoms. The Morgan fingerprint density at radius 1 is 1.23 bits per heavy atom. The lowest BCUT2D eigenvalue weighted by molar-refractivity contribution is -0.0337. The predicted octanol–water partition coefficient (Wildman–Crippen LogP) is 5.60. The summed E-state index contributed by atoms with van der Waals surface area (Å²) in [5, 5.41) is 6.94. The summed E-state index contributed by atoms with van der Waals surface area (Å²) in [5.41, 5.74) is 1.16. The quantitative estimate of drug-likeness (QED) is 0.420. The van der Waals surface area contributed by atoms with Crippen molar-refractivity contribution in [2.45, 2.75) is 78.0 Å². The fraction of sp³-hybridized carbons (Fsp3) is 0.586. The van der Waals surface area contributed by atoms with Crippen LogP contribution in [0.25, 0.3) is 11.0 Å². The Morgan fingerprint density at radius 3 is 2.65 bits per heavy atom. The number of halogens is 1. The Kier molecular flexibility index (Phi) is 7.85. The highest BCUT2D eigenvalue weighted by Crippen LogP contribution is 2.38. The van der Waals surface area contributed by atoms with Crippen LogP contribution < -0.4 is 5.32 Å². The average Bonchev–Trinajstić information content (AvgIpc) is 3.54. The van der Waals surface area contributed by atoms with Crippen LogP contribution in [0.2, 0.25) is 0 Å². The average molecular weight is 556 g/mol. The number of morpholine rings is 1. The van der Waals surface area contributed by atoms with Gasteiger partial charge in [0.25, 0.3) is 5.91 Å². The Labute approximate surface area is 233 Å². The van der Waals surface area contributed by atoms with Crippen LogP contribution in [0.1, 0.15) is 92.9 Å². The molecule has 40 heavy (non-hydrogen) atoms. The van der Waals surface area contributed by atoms with Crippen molar-refractivity contribution in [3.8, 4) is 0 Å². The number of nitrogens with one attached hydrogen (secondary N) is 2. The van der Waals surface area contributed by atoms with Crippen molar-refractivity contribution >= 4 is 23.0 Å². The van der Waals surface area contributed by atoms with Crippen molar-refractivity contribution in [1.82, 2.24) is 25.3 Å². The number of carbonyl (C=O) groups excluding carboxylic acids is 2. The lowest BCUT2D eigenvalue weighted by Crippen LogP contribution is -2.46. The summed E-state index contributed by atoms with van der Waals surface area (Å²) in [5.74, 6) is 0.418. The fourth-order valence-corrected chi connectivity index (χ4v) is 5.64. The number of rotatable bonds is 5. The summed E-state index contributed by atoms with van der Waals surface area (Å²) < 4.78 is 32.3. The van der Waals surface area contributed by atoms with Gasteiger partial charge in [-0.25, -0.2) is 14.2 Å². The van der Waals surface area contributed by atoms with Gasteiger partial charge >= 0.3 is 6.09 Å². The minimum atomic E-state index is -0.680. The van der Waals surface area contributed by atoms with Gasteiger partial charge in [0.15, 0.2) is 5.82 Å². The number of ether oxygens (including phenoxy) is 2. The van der Waals surface area contributed by atoms with Crippen LogP contribution in [0.3, 0.4) is 0 Å². The summed E-state index contributed by atoms with van der Waals surface area (Å²) in [6.07, 6.45) is 4.75. The van der Waals surface area contributed by atoms with Crippen LogP contribution >= 0.6 is 0 Å². The van der Waals surface area contributed by atoms with Crippen LogP contribution in [0.15, 0.2) is 22.9 Å². The van der Waals surface area contributed by atoms with Crippen LogP contribution in [0.4, 0.5) is 9.18 Å². The molecule has 3 aromatic rings. The van der Waals surface area contributed by atoms with E-state index < -0.39 is 29.6 Å². The van der Waals surface area contributed by atoms with E-state index in [0.29, 0.717) is 47.2 Å². The third-order valence-electron chi connectivity index (χ3n) is 7.86. The highest BCUT2D eigenvalue weighted by atomic mass is 19.1. The smallest absolute Gasteiger partial charge is 0.410 e. The van der Waals surface area contributed by atoms with Crippen molar-refractivity contribution in [1.29, 1.82) is 0 Å². The van der Waals surface area contributed by atoms with Crippen molar-refractivity contribution in [3.63, 3.8) is 0 Å². The molecule has 1 saturated carbocycles. The van der Waals surface area contributed by atoms with Gasteiger partial charge in [0, 0.05) is 12.1 Å². The molecule has 2 fully saturated rings. The molecule has 1 aliphatic heterocycles. The molecule has 5 rings (SSSR count). The zero-order valence-electron chi connectivity index (χ0n) is 23.8. The van der Waals surface area contributed by atoms with Crippen molar-refractivity contribution < 1.29 is 28.0 Å². The number of H-pyrrole nitrogens is 1. The Bertz CT molecular complexity index is 1370. The van der Waals surface area contributed by atoms with Gasteiger partial charge in [0.05, 0.1) is 36.5 Å². The first kappa shape index (κ1) is 28.1. The number of nitrogens with zero attached hydrogens (tertiary/aromatic N) is 3. The molecule has 0 radical (unpaired) electrons. The van der Waals surface area contributed by atoms with Crippen LogP contribution in [0, 0.1) is 24.6 Å². The standard InChI is InChI=1S/C29H38FN5O5/c1-16-6-8-18(9-7-16)24(33-27(36)20-14-39-34-17(20)2)26-31-21-11-10-19(23(30)25(21)32-26)22-15-38-13-12-35(22)28(37)40-29(3,4)5/h10-11,14,16,18,22,24H,6-9,12-13,15H2,1-5H3,(H,31,32)(H,33,36). The Hall–Kier alpha value is -3.47. The SMILES string of the molecule is Cc1nocc1C(=O)NC(c1nc2c(F)c(C3COCCN3C(=O)OC(C)(C)C)ccc2[nH]1)C1CCC(C)CC1. The first-order valence-corrected chi connectivity index (χ1v) is 14.0. The van der Waals surface area contributed by atoms with E-state index in [2.05, 4.69) is 27.4 Å². The number of imidazole rings is 1. The lowest BCUT2D eigenvalue weighted by Gasteiger charge is -2.36. The molecular formula is C29H38FN5O5. The van der Waals surface area contributed by atoms with E-state index in [0.717, 1.165) is 25.7 Å². The molecule has 216 valence electrons. The molecule has 10 nitrogen and oxygen atoms in total. The highest BCUT2D eigenvalue weighted by molar-refractivity contribution is 5.95. The molecule has 2 aromatic heterocycles. The molecule has 2 aliphatic rings. The van der Waals surface area contributed by atoms with Gasteiger partial charge in [-0.1, -0.05) is 31.0 Å². The maximum Gasteiger partial charge on any atom is 0.410 e. The molecule has 1 aliphatic carbocycles. The summed E-state index contributed by atoms with van der Waals surface area (Å²) in [4.78, 5) is 35.6. The first-order valence-electron chi connectivity index (χ1n) is 14.0. The molecule has 2 N–H and O–H groups in total. The largest absolute Gasteiger partial charge is 0.444 e. The molecule has 1 aromatic carbocycles. The van der Waals surface area contributed by atoms with Gasteiger partial charge in [0.2, 0.25) is 0 Å². The molecule has 2 unspecified atom stereocenters. The predicted molar refractivity (Wildman–Crippen MR) is 145 cm³/mol. The number of hydrogen-bond acceptors (Lipinski definition) is 7. The van der Waals surface area contributed by atoms with E-state index in [1.54, 1.807) is 39.8 Å². The molecular weight excluding hydrogens is 517 g/mol. The number of aromatic amines is 1. The number of fused-ring (bicyclic) bond motifs is 1. The number of aryl methyl sites for hydroxylation is 1. The van der Waals surface area contributed by atoms with Crippen molar-refractivity contribution in [3.05, 3.63) is 46.9 Å². The number of hydrogen-bond donors (Lipinski definition) is 2. The first-order chi connectivity index (χ1) is 19.0. The highest BCUT2D eigenvalue weighted by Gasteiger charge is 2.36. The van der Waals surface area contributed by atoms with E-state index in [9.17, 15) is 9.59 Å². The minimum absolute atomic E-state index is 0.137. The van der Waals surface area contributed by atoms with Gasteiger partial charge in [-0.3, -0.25) is 9.69 Å².